The Morgan fingerprint density at radius 3 is 2.03 bits per heavy atom. The number of methoxy groups -OCH3 is 2. The number of halogens is 1. The molecule has 0 saturated heterocycles. The molecule has 0 aliphatic rings. The van der Waals surface area contributed by atoms with E-state index in [1.54, 1.807) is 26.4 Å². The number of thiazole rings is 1. The zero-order valence-electron chi connectivity index (χ0n) is 16.9. The molecule has 4 aromatic rings. The van der Waals surface area contributed by atoms with Gasteiger partial charge in [0.2, 0.25) is 0 Å². The highest BCUT2D eigenvalue weighted by Crippen LogP contribution is 2.40. The molecule has 7 heteroatoms. The number of amides is 1. The van der Waals surface area contributed by atoms with Gasteiger partial charge >= 0.3 is 0 Å². The topological polar surface area (TPSA) is 60.5 Å². The molecule has 5 nitrogen and oxygen atoms in total. The van der Waals surface area contributed by atoms with Crippen molar-refractivity contribution in [3.05, 3.63) is 84.2 Å². The summed E-state index contributed by atoms with van der Waals surface area (Å²) >= 11 is 1.32. The first-order valence-electron chi connectivity index (χ1n) is 9.44. The number of nitrogens with one attached hydrogen (secondary N) is 1. The van der Waals surface area contributed by atoms with Crippen molar-refractivity contribution in [1.29, 1.82) is 0 Å². The van der Waals surface area contributed by atoms with Gasteiger partial charge in [0.25, 0.3) is 5.91 Å². The maximum Gasteiger partial charge on any atom is 0.260 e. The Balaban J connectivity index is 1.73. The van der Waals surface area contributed by atoms with E-state index < -0.39 is 11.7 Å². The van der Waals surface area contributed by atoms with Gasteiger partial charge in [0.1, 0.15) is 17.3 Å². The summed E-state index contributed by atoms with van der Waals surface area (Å²) in [5, 5.41) is 3.10. The van der Waals surface area contributed by atoms with Crippen LogP contribution in [0.2, 0.25) is 0 Å². The lowest BCUT2D eigenvalue weighted by Crippen LogP contribution is -2.13. The predicted octanol–water partition coefficient (Wildman–Crippen LogP) is 5.89. The highest BCUT2D eigenvalue weighted by atomic mass is 32.1. The number of rotatable bonds is 6. The predicted molar refractivity (Wildman–Crippen MR) is 120 cm³/mol. The van der Waals surface area contributed by atoms with Crippen LogP contribution in [0.25, 0.3) is 21.7 Å². The molecular formula is C24H19FN2O3S. The van der Waals surface area contributed by atoms with Crippen LogP contribution in [-0.4, -0.2) is 25.1 Å². The van der Waals surface area contributed by atoms with Crippen LogP contribution in [0.15, 0.2) is 72.8 Å². The first-order valence-corrected chi connectivity index (χ1v) is 10.3. The molecule has 1 heterocycles. The van der Waals surface area contributed by atoms with E-state index >= 15 is 0 Å². The molecule has 0 radical (unpaired) electrons. The molecule has 0 bridgehead atoms. The fourth-order valence-electron chi connectivity index (χ4n) is 3.07. The second kappa shape index (κ2) is 8.97. The molecule has 0 fully saturated rings. The van der Waals surface area contributed by atoms with Crippen LogP contribution >= 0.6 is 11.3 Å². The van der Waals surface area contributed by atoms with Crippen LogP contribution in [0, 0.1) is 5.82 Å². The molecule has 0 saturated carbocycles. The minimum Gasteiger partial charge on any atom is -0.497 e. The lowest BCUT2D eigenvalue weighted by atomic mass is 10.1. The van der Waals surface area contributed by atoms with E-state index in [1.807, 2.05) is 48.5 Å². The van der Waals surface area contributed by atoms with Crippen molar-refractivity contribution >= 4 is 22.4 Å². The van der Waals surface area contributed by atoms with Crippen molar-refractivity contribution in [2.45, 2.75) is 0 Å². The van der Waals surface area contributed by atoms with Crippen LogP contribution < -0.4 is 14.8 Å². The van der Waals surface area contributed by atoms with Gasteiger partial charge in [-0.05, 0) is 66.2 Å². The molecule has 0 spiro atoms. The summed E-state index contributed by atoms with van der Waals surface area (Å²) in [4.78, 5) is 18.1. The monoisotopic (exact) mass is 434 g/mol. The Kier molecular flexibility index (Phi) is 5.95. The van der Waals surface area contributed by atoms with Crippen molar-refractivity contribution in [2.75, 3.05) is 19.5 Å². The van der Waals surface area contributed by atoms with E-state index in [0.717, 1.165) is 27.5 Å². The maximum atomic E-state index is 14.0. The summed E-state index contributed by atoms with van der Waals surface area (Å²) in [6, 6.07) is 21.0. The average Bonchev–Trinajstić information content (AvgIpc) is 3.23. The third-order valence-electron chi connectivity index (χ3n) is 4.68. The smallest absolute Gasteiger partial charge is 0.260 e. The van der Waals surface area contributed by atoms with Crippen LogP contribution in [0.1, 0.15) is 10.4 Å². The lowest BCUT2D eigenvalue weighted by molar-refractivity contribution is 0.102. The second-order valence-electron chi connectivity index (χ2n) is 6.59. The van der Waals surface area contributed by atoms with Crippen LogP contribution in [-0.2, 0) is 0 Å². The number of benzene rings is 3. The molecule has 0 aliphatic carbocycles. The summed E-state index contributed by atoms with van der Waals surface area (Å²) in [5.41, 5.74) is 2.47. The molecule has 1 N–H and O–H groups in total. The Morgan fingerprint density at radius 2 is 1.45 bits per heavy atom. The Bertz CT molecular complexity index is 1140. The van der Waals surface area contributed by atoms with Crippen LogP contribution in [0.5, 0.6) is 11.5 Å². The fourth-order valence-corrected chi connectivity index (χ4v) is 4.05. The number of hydrogen-bond acceptors (Lipinski definition) is 5. The van der Waals surface area contributed by atoms with Crippen molar-refractivity contribution < 1.29 is 18.7 Å². The number of nitrogens with zero attached hydrogens (tertiary/aromatic N) is 1. The van der Waals surface area contributed by atoms with Gasteiger partial charge in [0.15, 0.2) is 5.13 Å². The minimum absolute atomic E-state index is 0.0327. The third-order valence-corrected chi connectivity index (χ3v) is 5.70. The summed E-state index contributed by atoms with van der Waals surface area (Å²) in [6.45, 7) is 0. The fraction of sp³-hybridized carbons (Fsp3) is 0.0833. The second-order valence-corrected chi connectivity index (χ2v) is 7.59. The highest BCUT2D eigenvalue weighted by Gasteiger charge is 2.18. The first-order chi connectivity index (χ1) is 15.1. The Labute approximate surface area is 183 Å². The van der Waals surface area contributed by atoms with Crippen molar-refractivity contribution in [2.24, 2.45) is 0 Å². The van der Waals surface area contributed by atoms with E-state index in [1.165, 1.54) is 23.5 Å². The van der Waals surface area contributed by atoms with Crippen molar-refractivity contribution in [3.63, 3.8) is 0 Å². The Morgan fingerprint density at radius 1 is 0.871 bits per heavy atom. The maximum absolute atomic E-state index is 14.0. The van der Waals surface area contributed by atoms with E-state index in [4.69, 9.17) is 9.47 Å². The Hall–Kier alpha value is -3.71. The van der Waals surface area contributed by atoms with Gasteiger partial charge in [-0.1, -0.05) is 23.5 Å². The number of anilines is 1. The zero-order chi connectivity index (χ0) is 21.8. The summed E-state index contributed by atoms with van der Waals surface area (Å²) in [7, 11) is 3.22. The first kappa shape index (κ1) is 20.6. The van der Waals surface area contributed by atoms with E-state index in [2.05, 4.69) is 10.3 Å². The highest BCUT2D eigenvalue weighted by molar-refractivity contribution is 7.19. The zero-order valence-corrected chi connectivity index (χ0v) is 17.7. The number of carbonyl (C=O) groups is 1. The van der Waals surface area contributed by atoms with Gasteiger partial charge in [-0.25, -0.2) is 9.37 Å². The molecule has 3 aromatic carbocycles. The number of aromatic nitrogens is 1. The minimum atomic E-state index is -0.581. The molecule has 31 heavy (non-hydrogen) atoms. The van der Waals surface area contributed by atoms with Crippen LogP contribution in [0.4, 0.5) is 9.52 Å². The van der Waals surface area contributed by atoms with Crippen molar-refractivity contribution in [1.82, 2.24) is 4.98 Å². The number of hydrogen-bond donors (Lipinski definition) is 1. The molecule has 4 rings (SSSR count). The molecule has 0 aliphatic heterocycles. The largest absolute Gasteiger partial charge is 0.497 e. The van der Waals surface area contributed by atoms with Gasteiger partial charge < -0.3 is 9.47 Å². The SMILES string of the molecule is COc1ccc(-c2nc(NC(=O)c3ccccc3F)sc2-c2ccc(OC)cc2)cc1. The number of ether oxygens (including phenoxy) is 2. The lowest BCUT2D eigenvalue weighted by Gasteiger charge is -2.05. The standard InChI is InChI=1S/C24H19FN2O3S/c1-29-17-11-7-15(8-12-17)21-22(16-9-13-18(30-2)14-10-16)31-24(26-21)27-23(28)19-5-3-4-6-20(19)25/h3-14H,1-2H3,(H,26,27,28). The molecular weight excluding hydrogens is 415 g/mol. The van der Waals surface area contributed by atoms with E-state index in [0.29, 0.717) is 10.8 Å². The van der Waals surface area contributed by atoms with Gasteiger partial charge in [-0.2, -0.15) is 0 Å². The van der Waals surface area contributed by atoms with E-state index in [-0.39, 0.29) is 5.56 Å². The molecule has 1 amide bonds. The average molecular weight is 434 g/mol. The third kappa shape index (κ3) is 4.41. The quantitative estimate of drug-likeness (QED) is 0.411. The molecule has 156 valence electrons. The van der Waals surface area contributed by atoms with Crippen LogP contribution in [0.3, 0.4) is 0 Å². The molecule has 0 atom stereocenters. The molecule has 1 aromatic heterocycles. The summed E-state index contributed by atoms with van der Waals surface area (Å²) in [6.07, 6.45) is 0. The normalized spacial score (nSPS) is 10.5. The van der Waals surface area contributed by atoms with Gasteiger partial charge in [-0.3, -0.25) is 10.1 Å². The van der Waals surface area contributed by atoms with Gasteiger partial charge in [0.05, 0.1) is 30.4 Å². The van der Waals surface area contributed by atoms with Gasteiger partial charge in [-0.15, -0.1) is 0 Å². The van der Waals surface area contributed by atoms with E-state index in [9.17, 15) is 9.18 Å². The summed E-state index contributed by atoms with van der Waals surface area (Å²) < 4.78 is 24.5. The number of carbonyl (C=O) groups excluding carboxylic acids is 1. The molecule has 0 unspecified atom stereocenters. The summed E-state index contributed by atoms with van der Waals surface area (Å²) in [5.74, 6) is 0.349. The van der Waals surface area contributed by atoms with Gasteiger partial charge in [0, 0.05) is 5.56 Å². The van der Waals surface area contributed by atoms with Crippen molar-refractivity contribution in [3.8, 4) is 33.2 Å².